The third-order valence-corrected chi connectivity index (χ3v) is 3.30. The van der Waals surface area contributed by atoms with Crippen LogP contribution in [0.2, 0.25) is 0 Å². The highest BCUT2D eigenvalue weighted by Gasteiger charge is 2.07. The van der Waals surface area contributed by atoms with Crippen molar-refractivity contribution in [2.75, 3.05) is 6.61 Å². The van der Waals surface area contributed by atoms with Gasteiger partial charge in [0.1, 0.15) is 5.82 Å². The van der Waals surface area contributed by atoms with Crippen molar-refractivity contribution < 1.29 is 9.53 Å². The van der Waals surface area contributed by atoms with Gasteiger partial charge in [-0.05, 0) is 31.5 Å². The summed E-state index contributed by atoms with van der Waals surface area (Å²) in [7, 11) is 0. The minimum atomic E-state index is -0.289. The number of aromatic nitrogens is 3. The standard InChI is InChI=1S/C13H15N3O2S/c1-3-18-12(17)11-6-4-5-10(7-11)8-19-13-14-9(2)15-16-13/h4-7H,3,8H2,1-2H3,(H,14,15,16). The van der Waals surface area contributed by atoms with Crippen molar-refractivity contribution in [2.45, 2.75) is 24.8 Å². The van der Waals surface area contributed by atoms with Crippen LogP contribution in [0.3, 0.4) is 0 Å². The van der Waals surface area contributed by atoms with Crippen molar-refractivity contribution in [1.82, 2.24) is 15.2 Å². The molecule has 2 aromatic rings. The Morgan fingerprint density at radius 1 is 1.47 bits per heavy atom. The van der Waals surface area contributed by atoms with Gasteiger partial charge in [-0.2, -0.15) is 0 Å². The van der Waals surface area contributed by atoms with E-state index in [1.807, 2.05) is 25.1 Å². The number of nitrogens with one attached hydrogen (secondary N) is 1. The Hall–Kier alpha value is -1.82. The van der Waals surface area contributed by atoms with Crippen molar-refractivity contribution in [3.8, 4) is 0 Å². The first-order valence-electron chi connectivity index (χ1n) is 5.97. The van der Waals surface area contributed by atoms with E-state index < -0.39 is 0 Å². The molecular weight excluding hydrogens is 262 g/mol. The summed E-state index contributed by atoms with van der Waals surface area (Å²) in [6.07, 6.45) is 0. The number of aromatic amines is 1. The summed E-state index contributed by atoms with van der Waals surface area (Å²) in [5, 5.41) is 7.56. The molecule has 0 aliphatic heterocycles. The molecule has 1 aromatic carbocycles. The number of esters is 1. The van der Waals surface area contributed by atoms with E-state index >= 15 is 0 Å². The molecule has 2 rings (SSSR count). The third kappa shape index (κ3) is 3.82. The van der Waals surface area contributed by atoms with Gasteiger partial charge in [-0.3, -0.25) is 5.10 Å². The smallest absolute Gasteiger partial charge is 0.338 e. The van der Waals surface area contributed by atoms with Gasteiger partial charge in [-0.15, -0.1) is 5.10 Å². The van der Waals surface area contributed by atoms with Crippen LogP contribution in [0.15, 0.2) is 29.4 Å². The molecule has 19 heavy (non-hydrogen) atoms. The quantitative estimate of drug-likeness (QED) is 0.672. The minimum Gasteiger partial charge on any atom is -0.462 e. The number of aryl methyl sites for hydroxylation is 1. The molecule has 100 valence electrons. The molecule has 0 aliphatic rings. The van der Waals surface area contributed by atoms with Gasteiger partial charge in [0.2, 0.25) is 5.16 Å². The fourth-order valence-electron chi connectivity index (χ4n) is 1.54. The van der Waals surface area contributed by atoms with E-state index in [2.05, 4.69) is 15.2 Å². The maximum absolute atomic E-state index is 11.6. The monoisotopic (exact) mass is 277 g/mol. The predicted molar refractivity (Wildman–Crippen MR) is 73.1 cm³/mol. The number of nitrogens with zero attached hydrogens (tertiary/aromatic N) is 2. The highest BCUT2D eigenvalue weighted by Crippen LogP contribution is 2.19. The van der Waals surface area contributed by atoms with Crippen LogP contribution in [0.4, 0.5) is 0 Å². The molecule has 1 aromatic heterocycles. The molecule has 0 aliphatic carbocycles. The third-order valence-electron chi connectivity index (χ3n) is 2.38. The number of H-pyrrole nitrogens is 1. The zero-order valence-electron chi connectivity index (χ0n) is 10.8. The largest absolute Gasteiger partial charge is 0.462 e. The zero-order valence-corrected chi connectivity index (χ0v) is 11.7. The summed E-state index contributed by atoms with van der Waals surface area (Å²) in [5.41, 5.74) is 1.61. The summed E-state index contributed by atoms with van der Waals surface area (Å²) in [6, 6.07) is 7.41. The summed E-state index contributed by atoms with van der Waals surface area (Å²) < 4.78 is 4.97. The molecule has 0 amide bonds. The lowest BCUT2D eigenvalue weighted by Crippen LogP contribution is -2.04. The number of carbonyl (C=O) groups is 1. The van der Waals surface area contributed by atoms with Gasteiger partial charge in [0.25, 0.3) is 0 Å². The Labute approximate surface area is 115 Å². The Balaban J connectivity index is 2.00. The second-order valence-corrected chi connectivity index (χ2v) is 4.86. The van der Waals surface area contributed by atoms with Crippen molar-refractivity contribution in [3.63, 3.8) is 0 Å². The van der Waals surface area contributed by atoms with Gasteiger partial charge < -0.3 is 4.74 Å². The van der Waals surface area contributed by atoms with Crippen LogP contribution in [0.1, 0.15) is 28.7 Å². The van der Waals surface area contributed by atoms with Crippen molar-refractivity contribution in [3.05, 3.63) is 41.2 Å². The molecular formula is C13H15N3O2S. The molecule has 0 spiro atoms. The summed E-state index contributed by atoms with van der Waals surface area (Å²) in [4.78, 5) is 15.8. The Morgan fingerprint density at radius 2 is 2.32 bits per heavy atom. The highest BCUT2D eigenvalue weighted by atomic mass is 32.2. The molecule has 0 fully saturated rings. The molecule has 0 saturated heterocycles. The Kier molecular flexibility index (Phi) is 4.57. The average molecular weight is 277 g/mol. The summed E-state index contributed by atoms with van der Waals surface area (Å²) in [6.45, 7) is 4.04. The molecule has 5 nitrogen and oxygen atoms in total. The van der Waals surface area contributed by atoms with Crippen LogP contribution in [0.5, 0.6) is 0 Å². The predicted octanol–water partition coefficient (Wildman–Crippen LogP) is 2.58. The van der Waals surface area contributed by atoms with Crippen molar-refractivity contribution >= 4 is 17.7 Å². The van der Waals surface area contributed by atoms with Gasteiger partial charge in [0.05, 0.1) is 12.2 Å². The molecule has 6 heteroatoms. The lowest BCUT2D eigenvalue weighted by molar-refractivity contribution is 0.0526. The van der Waals surface area contributed by atoms with E-state index in [-0.39, 0.29) is 5.97 Å². The van der Waals surface area contributed by atoms with Crippen LogP contribution in [0, 0.1) is 6.92 Å². The van der Waals surface area contributed by atoms with Crippen molar-refractivity contribution in [2.24, 2.45) is 0 Å². The lowest BCUT2D eigenvalue weighted by atomic mass is 10.1. The molecule has 0 unspecified atom stereocenters. The molecule has 0 saturated carbocycles. The first kappa shape index (κ1) is 13.6. The van der Waals surface area contributed by atoms with E-state index in [1.165, 1.54) is 11.8 Å². The molecule has 0 bridgehead atoms. The SMILES string of the molecule is CCOC(=O)c1cccc(CSc2n[nH]c(C)n2)c1. The normalized spacial score (nSPS) is 10.4. The number of thioether (sulfide) groups is 1. The Morgan fingerprint density at radius 3 is 3.00 bits per heavy atom. The summed E-state index contributed by atoms with van der Waals surface area (Å²) >= 11 is 1.52. The van der Waals surface area contributed by atoms with Crippen LogP contribution in [-0.4, -0.2) is 27.8 Å². The van der Waals surface area contributed by atoms with Crippen LogP contribution in [0.25, 0.3) is 0 Å². The molecule has 0 radical (unpaired) electrons. The second kappa shape index (κ2) is 6.38. The van der Waals surface area contributed by atoms with E-state index in [1.54, 1.807) is 13.0 Å². The van der Waals surface area contributed by atoms with E-state index in [9.17, 15) is 4.79 Å². The fourth-order valence-corrected chi connectivity index (χ4v) is 2.32. The van der Waals surface area contributed by atoms with Crippen LogP contribution in [-0.2, 0) is 10.5 Å². The average Bonchev–Trinajstić information content (AvgIpc) is 2.83. The topological polar surface area (TPSA) is 67.9 Å². The first-order valence-corrected chi connectivity index (χ1v) is 6.95. The molecule has 0 atom stereocenters. The first-order chi connectivity index (χ1) is 9.19. The number of hydrogen-bond acceptors (Lipinski definition) is 5. The van der Waals surface area contributed by atoms with E-state index in [0.29, 0.717) is 23.1 Å². The Bertz CT molecular complexity index is 569. The number of hydrogen-bond donors (Lipinski definition) is 1. The number of ether oxygens (including phenoxy) is 1. The summed E-state index contributed by atoms with van der Waals surface area (Å²) in [5.74, 6) is 1.22. The number of benzene rings is 1. The van der Waals surface area contributed by atoms with Crippen LogP contribution >= 0.6 is 11.8 Å². The van der Waals surface area contributed by atoms with Gasteiger partial charge in [0, 0.05) is 5.75 Å². The second-order valence-electron chi connectivity index (χ2n) is 3.91. The minimum absolute atomic E-state index is 0.289. The maximum atomic E-state index is 11.6. The lowest BCUT2D eigenvalue weighted by Gasteiger charge is -2.04. The van der Waals surface area contributed by atoms with Gasteiger partial charge in [-0.25, -0.2) is 9.78 Å². The van der Waals surface area contributed by atoms with E-state index in [4.69, 9.17) is 4.74 Å². The van der Waals surface area contributed by atoms with Gasteiger partial charge in [0.15, 0.2) is 0 Å². The molecule has 1 heterocycles. The maximum Gasteiger partial charge on any atom is 0.338 e. The zero-order chi connectivity index (χ0) is 13.7. The van der Waals surface area contributed by atoms with Gasteiger partial charge >= 0.3 is 5.97 Å². The van der Waals surface area contributed by atoms with Crippen molar-refractivity contribution in [1.29, 1.82) is 0 Å². The van der Waals surface area contributed by atoms with Gasteiger partial charge in [-0.1, -0.05) is 23.9 Å². The van der Waals surface area contributed by atoms with Crippen LogP contribution < -0.4 is 0 Å². The highest BCUT2D eigenvalue weighted by molar-refractivity contribution is 7.98. The number of carbonyl (C=O) groups excluding carboxylic acids is 1. The molecule has 1 N–H and O–H groups in total. The fraction of sp³-hybridized carbons (Fsp3) is 0.308. The van der Waals surface area contributed by atoms with E-state index in [0.717, 1.165) is 11.4 Å². The number of rotatable bonds is 5.